The number of aromatic nitrogens is 3. The van der Waals surface area contributed by atoms with Gasteiger partial charge in [0.15, 0.2) is 0 Å². The van der Waals surface area contributed by atoms with Crippen LogP contribution in [0.5, 0.6) is 0 Å². The molecule has 0 unspecified atom stereocenters. The molecule has 0 radical (unpaired) electrons. The van der Waals surface area contributed by atoms with Gasteiger partial charge in [0.2, 0.25) is 0 Å². The number of thiazole rings is 1. The van der Waals surface area contributed by atoms with E-state index in [9.17, 15) is 4.39 Å². The number of fused-ring (bicyclic) bond motifs is 2. The van der Waals surface area contributed by atoms with Gasteiger partial charge < -0.3 is 5.32 Å². The summed E-state index contributed by atoms with van der Waals surface area (Å²) in [5.74, 6) is 0.410. The summed E-state index contributed by atoms with van der Waals surface area (Å²) in [6.07, 6.45) is 4.10. The second kappa shape index (κ2) is 5.86. The Balaban J connectivity index is 1.53. The zero-order valence-corrected chi connectivity index (χ0v) is 15.4. The topological polar surface area (TPSA) is 42.7 Å². The molecule has 1 aliphatic rings. The van der Waals surface area contributed by atoms with E-state index in [1.165, 1.54) is 22.4 Å². The maximum atomic E-state index is 14.4. The fourth-order valence-corrected chi connectivity index (χ4v) is 5.89. The Kier molecular flexibility index (Phi) is 3.62. The molecule has 0 spiro atoms. The van der Waals surface area contributed by atoms with E-state index in [0.29, 0.717) is 16.8 Å². The van der Waals surface area contributed by atoms with Crippen molar-refractivity contribution in [2.75, 3.05) is 13.1 Å². The largest absolute Gasteiger partial charge is 0.317 e. The summed E-state index contributed by atoms with van der Waals surface area (Å²) in [6, 6.07) is 5.78. The van der Waals surface area contributed by atoms with E-state index in [2.05, 4.69) is 16.5 Å². The first-order chi connectivity index (χ1) is 12.2. The fourth-order valence-electron chi connectivity index (χ4n) is 3.51. The monoisotopic (exact) mass is 372 g/mol. The van der Waals surface area contributed by atoms with Gasteiger partial charge in [-0.3, -0.25) is 4.68 Å². The van der Waals surface area contributed by atoms with Crippen molar-refractivity contribution in [2.24, 2.45) is 7.05 Å². The number of hydrogen-bond donors (Lipinski definition) is 1. The summed E-state index contributed by atoms with van der Waals surface area (Å²) in [5.41, 5.74) is 1.48. The van der Waals surface area contributed by atoms with E-state index in [0.717, 1.165) is 28.5 Å². The molecule has 128 valence electrons. The number of nitrogens with one attached hydrogen (secondary N) is 1. The Labute approximate surface area is 152 Å². The lowest BCUT2D eigenvalue weighted by atomic mass is 9.97. The number of piperidine rings is 1. The Morgan fingerprint density at radius 3 is 2.84 bits per heavy atom. The first kappa shape index (κ1) is 15.4. The second-order valence-electron chi connectivity index (χ2n) is 6.56. The molecule has 0 bridgehead atoms. The second-order valence-corrected chi connectivity index (χ2v) is 8.65. The van der Waals surface area contributed by atoms with Gasteiger partial charge in [-0.15, -0.1) is 22.7 Å². The average molecular weight is 372 g/mol. The highest BCUT2D eigenvalue weighted by Gasteiger charge is 2.20. The molecule has 1 saturated heterocycles. The molecular formula is C18H17FN4S2. The van der Waals surface area contributed by atoms with Gasteiger partial charge >= 0.3 is 0 Å². The van der Waals surface area contributed by atoms with Crippen LogP contribution in [-0.2, 0) is 7.05 Å². The lowest BCUT2D eigenvalue weighted by Crippen LogP contribution is -2.26. The number of aryl methyl sites for hydroxylation is 1. The minimum Gasteiger partial charge on any atom is -0.317 e. The molecule has 1 aromatic carbocycles. The predicted octanol–water partition coefficient (Wildman–Crippen LogP) is 4.52. The molecule has 3 aromatic heterocycles. The van der Waals surface area contributed by atoms with Gasteiger partial charge in [0.05, 0.1) is 15.6 Å². The van der Waals surface area contributed by atoms with E-state index in [4.69, 9.17) is 4.98 Å². The lowest BCUT2D eigenvalue weighted by molar-refractivity contribution is 0.465. The van der Waals surface area contributed by atoms with Crippen LogP contribution in [0.3, 0.4) is 0 Å². The Bertz CT molecular complexity index is 1040. The number of thiophene rings is 1. The van der Waals surface area contributed by atoms with Crippen molar-refractivity contribution in [3.8, 4) is 10.6 Å². The first-order valence-electron chi connectivity index (χ1n) is 8.41. The summed E-state index contributed by atoms with van der Waals surface area (Å²) >= 11 is 3.43. The molecule has 4 aromatic rings. The summed E-state index contributed by atoms with van der Waals surface area (Å²) in [6.45, 7) is 2.19. The van der Waals surface area contributed by atoms with Crippen molar-refractivity contribution in [3.63, 3.8) is 0 Å². The van der Waals surface area contributed by atoms with Crippen molar-refractivity contribution < 1.29 is 4.39 Å². The average Bonchev–Trinajstić information content (AvgIpc) is 3.27. The van der Waals surface area contributed by atoms with E-state index >= 15 is 0 Å². The molecule has 5 rings (SSSR count). The molecule has 0 atom stereocenters. The van der Waals surface area contributed by atoms with Gasteiger partial charge in [-0.2, -0.15) is 5.10 Å². The molecule has 1 fully saturated rings. The van der Waals surface area contributed by atoms with Crippen LogP contribution in [0.2, 0.25) is 0 Å². The molecule has 7 heteroatoms. The summed E-state index contributed by atoms with van der Waals surface area (Å²) in [4.78, 5) is 7.28. The number of halogens is 1. The predicted molar refractivity (Wildman–Crippen MR) is 102 cm³/mol. The smallest absolute Gasteiger partial charge is 0.135 e. The molecule has 4 nitrogen and oxygen atoms in total. The van der Waals surface area contributed by atoms with Crippen molar-refractivity contribution in [3.05, 3.63) is 35.1 Å². The third-order valence-electron chi connectivity index (χ3n) is 4.79. The third-order valence-corrected chi connectivity index (χ3v) is 7.16. The molecule has 0 saturated carbocycles. The first-order valence-corrected chi connectivity index (χ1v) is 10.0. The van der Waals surface area contributed by atoms with Crippen molar-refractivity contribution in [1.29, 1.82) is 0 Å². The zero-order chi connectivity index (χ0) is 17.0. The van der Waals surface area contributed by atoms with E-state index in [1.54, 1.807) is 46.7 Å². The Morgan fingerprint density at radius 1 is 1.20 bits per heavy atom. The van der Waals surface area contributed by atoms with Gasteiger partial charge in [-0.1, -0.05) is 0 Å². The van der Waals surface area contributed by atoms with Gasteiger partial charge in [-0.25, -0.2) is 9.37 Å². The van der Waals surface area contributed by atoms with Crippen molar-refractivity contribution >= 4 is 43.1 Å². The fraction of sp³-hybridized carbons (Fsp3) is 0.333. The van der Waals surface area contributed by atoms with E-state index < -0.39 is 0 Å². The molecule has 25 heavy (non-hydrogen) atoms. The Morgan fingerprint density at radius 2 is 2.04 bits per heavy atom. The van der Waals surface area contributed by atoms with Crippen LogP contribution >= 0.6 is 22.7 Å². The zero-order valence-electron chi connectivity index (χ0n) is 13.8. The highest BCUT2D eigenvalue weighted by atomic mass is 32.1. The van der Waals surface area contributed by atoms with Crippen LogP contribution in [0.25, 0.3) is 31.0 Å². The molecule has 0 amide bonds. The maximum absolute atomic E-state index is 14.4. The number of benzene rings is 1. The van der Waals surface area contributed by atoms with Crippen LogP contribution in [0.15, 0.2) is 24.4 Å². The minimum atomic E-state index is -0.241. The SMILES string of the molecule is Cn1cc2c(F)cc(-c3nc4sc(C5CCNCC5)cc4s3)cc2n1. The summed E-state index contributed by atoms with van der Waals surface area (Å²) in [7, 11) is 1.81. The number of nitrogens with zero attached hydrogens (tertiary/aromatic N) is 3. The van der Waals surface area contributed by atoms with E-state index in [-0.39, 0.29) is 5.82 Å². The summed E-state index contributed by atoms with van der Waals surface area (Å²) < 4.78 is 17.2. The maximum Gasteiger partial charge on any atom is 0.135 e. The molecular weight excluding hydrogens is 355 g/mol. The van der Waals surface area contributed by atoms with Gasteiger partial charge in [0, 0.05) is 23.7 Å². The number of hydrogen-bond acceptors (Lipinski definition) is 5. The van der Waals surface area contributed by atoms with E-state index in [1.807, 2.05) is 6.07 Å². The normalized spacial score (nSPS) is 16.2. The highest BCUT2D eigenvalue weighted by Crippen LogP contribution is 2.40. The van der Waals surface area contributed by atoms with Crippen molar-refractivity contribution in [2.45, 2.75) is 18.8 Å². The standard InChI is InChI=1S/C18H17FN4S2/c1-23-9-12-13(19)6-11(7-14(12)22-23)17-21-18-16(25-17)8-15(24-18)10-2-4-20-5-3-10/h6-10,20H,2-5H2,1H3. The van der Waals surface area contributed by atoms with Crippen LogP contribution in [-0.4, -0.2) is 27.9 Å². The Hall–Kier alpha value is -1.83. The molecule has 1 N–H and O–H groups in total. The minimum absolute atomic E-state index is 0.241. The third kappa shape index (κ3) is 2.67. The molecule has 0 aliphatic carbocycles. The van der Waals surface area contributed by atoms with Crippen LogP contribution < -0.4 is 5.32 Å². The van der Waals surface area contributed by atoms with Gasteiger partial charge in [0.1, 0.15) is 15.7 Å². The van der Waals surface area contributed by atoms with Crippen LogP contribution in [0, 0.1) is 5.82 Å². The van der Waals surface area contributed by atoms with Gasteiger partial charge in [-0.05, 0) is 50.0 Å². The van der Waals surface area contributed by atoms with Crippen molar-refractivity contribution in [1.82, 2.24) is 20.1 Å². The quantitative estimate of drug-likeness (QED) is 0.563. The molecule has 1 aliphatic heterocycles. The number of rotatable bonds is 2. The molecule has 4 heterocycles. The lowest BCUT2D eigenvalue weighted by Gasteiger charge is -2.21. The summed E-state index contributed by atoms with van der Waals surface area (Å²) in [5, 5.41) is 9.16. The highest BCUT2D eigenvalue weighted by molar-refractivity contribution is 7.28. The van der Waals surface area contributed by atoms with Gasteiger partial charge in [0.25, 0.3) is 0 Å². The van der Waals surface area contributed by atoms with Crippen LogP contribution in [0.4, 0.5) is 4.39 Å². The van der Waals surface area contributed by atoms with Crippen LogP contribution in [0.1, 0.15) is 23.6 Å².